The fourth-order valence-corrected chi connectivity index (χ4v) is 5.16. The van der Waals surface area contributed by atoms with Crippen molar-refractivity contribution in [2.24, 2.45) is 0 Å². The summed E-state index contributed by atoms with van der Waals surface area (Å²) in [5.74, 6) is 0. The van der Waals surface area contributed by atoms with Crippen LogP contribution in [-0.2, 0) is 26.6 Å². The van der Waals surface area contributed by atoms with Crippen molar-refractivity contribution in [2.45, 2.75) is 6.18 Å². The molecule has 2 aromatic rings. The van der Waals surface area contributed by atoms with Gasteiger partial charge in [-0.05, 0) is 18.2 Å². The summed E-state index contributed by atoms with van der Waals surface area (Å²) in [4.78, 5) is 25.7. The third kappa shape index (κ3) is 4.51. The second-order valence-corrected chi connectivity index (χ2v) is 9.50. The topological polar surface area (TPSA) is 150 Å². The summed E-state index contributed by atoms with van der Waals surface area (Å²) in [5.41, 5.74) is -5.65. The van der Waals surface area contributed by atoms with Crippen molar-refractivity contribution in [1.29, 1.82) is 0 Å². The van der Waals surface area contributed by atoms with E-state index in [1.807, 2.05) is 0 Å². The summed E-state index contributed by atoms with van der Waals surface area (Å²) in [6, 6.07) is 2.81. The molecule has 0 aliphatic carbocycles. The molecule has 0 unspecified atom stereocenters. The normalized spacial score (nSPS) is 12.7. The number of anilines is 1. The Morgan fingerprint density at radius 2 is 1.57 bits per heavy atom. The van der Waals surface area contributed by atoms with Crippen molar-refractivity contribution in [2.75, 3.05) is 17.8 Å². The van der Waals surface area contributed by atoms with E-state index in [2.05, 4.69) is 0 Å². The van der Waals surface area contributed by atoms with Crippen LogP contribution >= 0.6 is 11.6 Å². The van der Waals surface area contributed by atoms with Crippen LogP contribution in [0.5, 0.6) is 0 Å². The molecule has 0 spiro atoms. The number of alkyl halides is 3. The third-order valence-corrected chi connectivity index (χ3v) is 7.37. The van der Waals surface area contributed by atoms with E-state index in [0.717, 1.165) is 32.3 Å². The average Bonchev–Trinajstić information content (AvgIpc) is 2.62. The first-order valence-corrected chi connectivity index (χ1v) is 10.8. The zero-order chi connectivity index (χ0) is 23.1. The molecule has 0 saturated heterocycles. The lowest BCUT2D eigenvalue weighted by Crippen LogP contribution is -2.47. The van der Waals surface area contributed by atoms with Gasteiger partial charge in [0.1, 0.15) is 5.69 Å². The Balaban J connectivity index is 2.83. The maximum atomic E-state index is 12.8. The largest absolute Gasteiger partial charge is 0.431 e. The molecule has 0 fully saturated rings. The van der Waals surface area contributed by atoms with E-state index in [-0.39, 0.29) is 14.3 Å². The van der Waals surface area contributed by atoms with Crippen LogP contribution in [0.15, 0.2) is 33.9 Å². The number of benzene rings is 1. The van der Waals surface area contributed by atoms with E-state index in [4.69, 9.17) is 11.6 Å². The van der Waals surface area contributed by atoms with Crippen LogP contribution in [0.3, 0.4) is 0 Å². The molecule has 1 aromatic carbocycles. The van der Waals surface area contributed by atoms with Crippen LogP contribution in [0.2, 0.25) is 5.02 Å². The van der Waals surface area contributed by atoms with Crippen molar-refractivity contribution >= 4 is 37.7 Å². The highest BCUT2D eigenvalue weighted by Gasteiger charge is 2.35. The van der Waals surface area contributed by atoms with Crippen LogP contribution in [-0.4, -0.2) is 40.5 Å². The second-order valence-electron chi connectivity index (χ2n) is 5.41. The zero-order valence-electron chi connectivity index (χ0n) is 15.0. The van der Waals surface area contributed by atoms with Crippen molar-refractivity contribution in [3.63, 3.8) is 0 Å². The molecular weight excluding hydrogens is 479 g/mol. The number of halogens is 4. The van der Waals surface area contributed by atoms with E-state index in [9.17, 15) is 39.6 Å². The number of aromatic amines is 1. The van der Waals surface area contributed by atoms with Gasteiger partial charge in [-0.3, -0.25) is 4.79 Å². The Morgan fingerprint density at radius 3 is 2.00 bits per heavy atom. The number of hydrogen-bond donors (Lipinski definition) is 3. The highest BCUT2D eigenvalue weighted by atomic mass is 35.5. The number of H-pyrrole nitrogens is 1. The summed E-state index contributed by atoms with van der Waals surface area (Å²) in [5, 5.41) is -0.423. The van der Waals surface area contributed by atoms with Gasteiger partial charge in [-0.25, -0.2) is 9.36 Å². The lowest BCUT2D eigenvalue weighted by molar-refractivity contribution is -0.141. The summed E-state index contributed by atoms with van der Waals surface area (Å²) < 4.78 is 91.0. The first-order valence-electron chi connectivity index (χ1n) is 7.56. The average molecular weight is 492 g/mol. The summed E-state index contributed by atoms with van der Waals surface area (Å²) in [6.07, 6.45) is -5.00. The molecule has 0 aliphatic heterocycles. The molecule has 0 atom stereocenters. The van der Waals surface area contributed by atoms with Gasteiger partial charge >= 0.3 is 32.3 Å². The van der Waals surface area contributed by atoms with E-state index in [1.54, 1.807) is 9.44 Å². The number of aromatic nitrogens is 2. The Hall–Kier alpha value is -2.40. The molecule has 1 aromatic heterocycles. The van der Waals surface area contributed by atoms with Crippen molar-refractivity contribution in [3.05, 3.63) is 55.8 Å². The molecule has 2 rings (SSSR count). The summed E-state index contributed by atoms with van der Waals surface area (Å²) in [6.45, 7) is 0. The minimum Gasteiger partial charge on any atom is -0.303 e. The Kier molecular flexibility index (Phi) is 6.39. The van der Waals surface area contributed by atoms with Gasteiger partial charge in [-0.15, -0.1) is 3.71 Å². The van der Waals surface area contributed by atoms with Gasteiger partial charge in [-0.1, -0.05) is 11.6 Å². The second kappa shape index (κ2) is 8.03. The van der Waals surface area contributed by atoms with Gasteiger partial charge in [-0.2, -0.15) is 39.5 Å². The Morgan fingerprint density at radius 1 is 1.03 bits per heavy atom. The van der Waals surface area contributed by atoms with Crippen molar-refractivity contribution in [1.82, 2.24) is 19.0 Å². The Bertz CT molecular complexity index is 1240. The molecule has 1 heterocycles. The van der Waals surface area contributed by atoms with Gasteiger partial charge < -0.3 is 4.98 Å². The maximum absolute atomic E-state index is 12.8. The van der Waals surface area contributed by atoms with Crippen LogP contribution < -0.4 is 24.4 Å². The van der Waals surface area contributed by atoms with E-state index < -0.39 is 59.9 Å². The van der Waals surface area contributed by atoms with Crippen LogP contribution in [0.1, 0.15) is 5.69 Å². The molecule has 0 amide bonds. The van der Waals surface area contributed by atoms with Crippen LogP contribution in [0.25, 0.3) is 5.69 Å². The van der Waals surface area contributed by atoms with E-state index in [1.165, 1.54) is 4.98 Å². The first kappa shape index (κ1) is 23.9. The maximum Gasteiger partial charge on any atom is 0.431 e. The summed E-state index contributed by atoms with van der Waals surface area (Å²) in [7, 11) is -7.62. The lowest BCUT2D eigenvalue weighted by atomic mass is 10.2. The standard InChI is InChI=1S/C13H13ClF3N5O6S2/c1-18-29(25,26)22(30(27,28)19-2)9-5-7(3-4-8(9)14)21-11(23)6-10(13(15,16)17)20-12(21)24/h3-6,18-19H,1-2H3,(H,20,24). The summed E-state index contributed by atoms with van der Waals surface area (Å²) >= 11 is 5.92. The molecule has 17 heteroatoms. The molecule has 0 saturated carbocycles. The molecular formula is C13H13ClF3N5O6S2. The molecule has 11 nitrogen and oxygen atoms in total. The van der Waals surface area contributed by atoms with E-state index in [0.29, 0.717) is 0 Å². The van der Waals surface area contributed by atoms with Gasteiger partial charge in [0.15, 0.2) is 0 Å². The smallest absolute Gasteiger partial charge is 0.303 e. The van der Waals surface area contributed by atoms with Crippen LogP contribution in [0.4, 0.5) is 18.9 Å². The number of rotatable bonds is 6. The van der Waals surface area contributed by atoms with Gasteiger partial charge in [0.25, 0.3) is 5.56 Å². The Labute approximate surface area is 172 Å². The minimum atomic E-state index is -5.00. The predicted octanol–water partition coefficient (Wildman–Crippen LogP) is -0.0672. The van der Waals surface area contributed by atoms with E-state index >= 15 is 0 Å². The number of hydrogen-bond acceptors (Lipinski definition) is 6. The molecule has 30 heavy (non-hydrogen) atoms. The molecule has 0 bridgehead atoms. The fourth-order valence-electron chi connectivity index (χ4n) is 2.23. The third-order valence-electron chi connectivity index (χ3n) is 3.58. The number of nitrogens with one attached hydrogen (secondary N) is 3. The lowest BCUT2D eigenvalue weighted by Gasteiger charge is -2.24. The zero-order valence-corrected chi connectivity index (χ0v) is 17.4. The molecule has 0 radical (unpaired) electrons. The van der Waals surface area contributed by atoms with Crippen molar-refractivity contribution < 1.29 is 30.0 Å². The highest BCUT2D eigenvalue weighted by Crippen LogP contribution is 2.31. The first-order chi connectivity index (χ1) is 13.7. The highest BCUT2D eigenvalue weighted by molar-refractivity contribution is 8.08. The molecule has 166 valence electrons. The van der Waals surface area contributed by atoms with Crippen molar-refractivity contribution in [3.8, 4) is 5.69 Å². The van der Waals surface area contributed by atoms with Gasteiger partial charge in [0.2, 0.25) is 0 Å². The quantitative estimate of drug-likeness (QED) is 0.515. The number of nitrogens with zero attached hydrogens (tertiary/aromatic N) is 2. The molecule has 0 aliphatic rings. The monoisotopic (exact) mass is 491 g/mol. The van der Waals surface area contributed by atoms with Crippen LogP contribution in [0, 0.1) is 0 Å². The molecule has 3 N–H and O–H groups in total. The SMILES string of the molecule is CNS(=O)(=O)N(c1cc(-n2c(=O)cc(C(F)(F)F)[nH]c2=O)ccc1Cl)S(=O)(=O)NC. The van der Waals surface area contributed by atoms with Gasteiger partial charge in [0, 0.05) is 20.2 Å². The predicted molar refractivity (Wildman–Crippen MR) is 101 cm³/mol. The van der Waals surface area contributed by atoms with Gasteiger partial charge in [0.05, 0.1) is 16.4 Å². The minimum absolute atomic E-state index is 0.113. The fraction of sp³-hybridized carbons (Fsp3) is 0.231.